The lowest BCUT2D eigenvalue weighted by atomic mass is 9.90. The van der Waals surface area contributed by atoms with E-state index in [1.54, 1.807) is 0 Å². The van der Waals surface area contributed by atoms with E-state index < -0.39 is 12.1 Å². The molecule has 1 saturated heterocycles. The minimum absolute atomic E-state index is 0.0572. The van der Waals surface area contributed by atoms with E-state index in [4.69, 9.17) is 14.4 Å². The molecule has 3 aromatic rings. The molecule has 10 nitrogen and oxygen atoms in total. The van der Waals surface area contributed by atoms with E-state index >= 15 is 0 Å². The molecule has 2 amide bonds. The molecule has 238 valence electrons. The van der Waals surface area contributed by atoms with Gasteiger partial charge in [0.2, 0.25) is 11.7 Å². The summed E-state index contributed by atoms with van der Waals surface area (Å²) in [6.07, 6.45) is 7.97. The molecule has 0 radical (unpaired) electrons. The Morgan fingerprint density at radius 2 is 1.64 bits per heavy atom. The lowest BCUT2D eigenvalue weighted by molar-refractivity contribution is -0.192. The Morgan fingerprint density at radius 3 is 2.32 bits per heavy atom. The molecule has 0 atom stereocenters. The zero-order chi connectivity index (χ0) is 31.2. The number of para-hydroxylation sites is 1. The number of alkyl halides is 3. The van der Waals surface area contributed by atoms with Crippen molar-refractivity contribution < 1.29 is 32.4 Å². The van der Waals surface area contributed by atoms with E-state index in [9.17, 15) is 18.0 Å². The van der Waals surface area contributed by atoms with Crippen LogP contribution < -0.4 is 10.6 Å². The number of aliphatic carboxylic acids is 1. The minimum atomic E-state index is -5.08. The van der Waals surface area contributed by atoms with Gasteiger partial charge < -0.3 is 25.2 Å². The van der Waals surface area contributed by atoms with Crippen LogP contribution in [0.15, 0.2) is 40.9 Å². The maximum absolute atomic E-state index is 13.1. The molecule has 44 heavy (non-hydrogen) atoms. The number of pyridine rings is 1. The summed E-state index contributed by atoms with van der Waals surface area (Å²) in [5.74, 6) is -1.42. The summed E-state index contributed by atoms with van der Waals surface area (Å²) in [7, 11) is 0. The van der Waals surface area contributed by atoms with Crippen LogP contribution in [0.1, 0.15) is 82.4 Å². The average Bonchev–Trinajstić information content (AvgIpc) is 3.71. The van der Waals surface area contributed by atoms with Gasteiger partial charge in [0.05, 0.1) is 5.52 Å². The number of piperidine rings is 1. The fourth-order valence-corrected chi connectivity index (χ4v) is 6.49. The second-order valence-corrected chi connectivity index (χ2v) is 12.0. The van der Waals surface area contributed by atoms with Crippen molar-refractivity contribution in [1.29, 1.82) is 0 Å². The van der Waals surface area contributed by atoms with Crippen molar-refractivity contribution in [2.45, 2.75) is 94.3 Å². The Balaban J connectivity index is 0.000000493. The minimum Gasteiger partial charge on any atom is -0.475 e. The summed E-state index contributed by atoms with van der Waals surface area (Å²) in [4.78, 5) is 33.2. The van der Waals surface area contributed by atoms with E-state index in [2.05, 4.69) is 25.8 Å². The fraction of sp³-hybridized carbons (Fsp3) is 0.581. The lowest BCUT2D eigenvalue weighted by Gasteiger charge is -2.38. The highest BCUT2D eigenvalue weighted by Crippen LogP contribution is 2.32. The number of carboxylic acids is 1. The van der Waals surface area contributed by atoms with Gasteiger partial charge in [-0.3, -0.25) is 0 Å². The molecular weight excluding hydrogens is 577 g/mol. The Kier molecular flexibility index (Phi) is 10.0. The smallest absolute Gasteiger partial charge is 0.475 e. The van der Waals surface area contributed by atoms with Crippen LogP contribution in [0.3, 0.4) is 0 Å². The number of amides is 2. The van der Waals surface area contributed by atoms with Crippen LogP contribution in [-0.2, 0) is 4.79 Å². The Labute approximate surface area is 253 Å². The van der Waals surface area contributed by atoms with Crippen molar-refractivity contribution in [3.05, 3.63) is 42.3 Å². The number of rotatable bonds is 6. The molecule has 6 rings (SSSR count). The monoisotopic (exact) mass is 616 g/mol. The summed E-state index contributed by atoms with van der Waals surface area (Å²) >= 11 is 0. The van der Waals surface area contributed by atoms with Crippen LogP contribution >= 0.6 is 0 Å². The fourth-order valence-electron chi connectivity index (χ4n) is 6.49. The van der Waals surface area contributed by atoms with Crippen LogP contribution in [0.2, 0.25) is 0 Å². The highest BCUT2D eigenvalue weighted by molar-refractivity contribution is 5.80. The van der Waals surface area contributed by atoms with Crippen molar-refractivity contribution in [3.63, 3.8) is 0 Å². The maximum Gasteiger partial charge on any atom is 0.490 e. The van der Waals surface area contributed by atoms with Crippen molar-refractivity contribution in [2.24, 2.45) is 0 Å². The highest BCUT2D eigenvalue weighted by atomic mass is 19.4. The highest BCUT2D eigenvalue weighted by Gasteiger charge is 2.38. The molecule has 3 heterocycles. The zero-order valence-corrected chi connectivity index (χ0v) is 24.6. The third-order valence-corrected chi connectivity index (χ3v) is 8.90. The molecular formula is C31H39F3N6O4. The number of urea groups is 1. The number of hydrogen-bond acceptors (Lipinski definition) is 7. The second-order valence-electron chi connectivity index (χ2n) is 12.0. The third-order valence-electron chi connectivity index (χ3n) is 8.90. The predicted octanol–water partition coefficient (Wildman–Crippen LogP) is 6.04. The molecule has 2 saturated carbocycles. The van der Waals surface area contributed by atoms with E-state index in [1.165, 1.54) is 44.9 Å². The van der Waals surface area contributed by atoms with Crippen molar-refractivity contribution in [3.8, 4) is 11.5 Å². The maximum atomic E-state index is 13.1. The molecule has 0 bridgehead atoms. The van der Waals surface area contributed by atoms with Crippen LogP contribution in [0, 0.1) is 0 Å². The summed E-state index contributed by atoms with van der Waals surface area (Å²) in [6, 6.07) is 12.6. The summed E-state index contributed by atoms with van der Waals surface area (Å²) in [6.45, 7) is 2.13. The summed E-state index contributed by atoms with van der Waals surface area (Å²) in [5.41, 5.74) is 1.71. The number of halogens is 3. The number of aromatic nitrogens is 3. The molecule has 0 unspecified atom stereocenters. The average molecular weight is 617 g/mol. The van der Waals surface area contributed by atoms with Gasteiger partial charge in [0.25, 0.3) is 0 Å². The van der Waals surface area contributed by atoms with Crippen molar-refractivity contribution in [1.82, 2.24) is 30.7 Å². The first-order valence-electron chi connectivity index (χ1n) is 15.4. The first-order chi connectivity index (χ1) is 21.1. The number of carbonyl (C=O) groups excluding carboxylic acids is 1. The molecule has 3 fully saturated rings. The normalized spacial score (nSPS) is 19.4. The number of fused-ring (bicyclic) bond motifs is 1. The van der Waals surface area contributed by atoms with Gasteiger partial charge in [-0.05, 0) is 50.7 Å². The number of nitrogens with zero attached hydrogens (tertiary/aromatic N) is 4. The molecule has 2 aliphatic carbocycles. The number of carbonyl (C=O) groups is 2. The van der Waals surface area contributed by atoms with Gasteiger partial charge in [0, 0.05) is 42.5 Å². The molecule has 3 aliphatic rings. The molecule has 13 heteroatoms. The first-order valence-corrected chi connectivity index (χ1v) is 15.4. The number of hydrogen-bond donors (Lipinski definition) is 3. The van der Waals surface area contributed by atoms with Crippen molar-refractivity contribution in [2.75, 3.05) is 19.6 Å². The van der Waals surface area contributed by atoms with Gasteiger partial charge in [-0.15, -0.1) is 0 Å². The molecule has 3 N–H and O–H groups in total. The number of likely N-dealkylation sites (tertiary alicyclic amines) is 1. The van der Waals surface area contributed by atoms with Crippen molar-refractivity contribution >= 4 is 22.9 Å². The van der Waals surface area contributed by atoms with Gasteiger partial charge in [-0.1, -0.05) is 61.5 Å². The summed E-state index contributed by atoms with van der Waals surface area (Å²) < 4.78 is 37.4. The Morgan fingerprint density at radius 1 is 0.955 bits per heavy atom. The second kappa shape index (κ2) is 13.9. The largest absolute Gasteiger partial charge is 0.490 e. The topological polar surface area (TPSA) is 133 Å². The quantitative estimate of drug-likeness (QED) is 0.305. The number of benzene rings is 1. The number of nitrogens with one attached hydrogen (secondary N) is 2. The van der Waals surface area contributed by atoms with Crippen LogP contribution in [0.4, 0.5) is 18.0 Å². The number of carboxylic acid groups (broad SMARTS) is 1. The van der Waals surface area contributed by atoms with Gasteiger partial charge in [-0.25, -0.2) is 14.6 Å². The molecule has 0 spiro atoms. The standard InChI is InChI=1S/C29H38N6O2.C2HF3O2/c36-28(30-20-29(16-6-7-17-29)33-23-9-2-1-3-10-23)35-18-14-22(15-19-35)27-32-26(34-37-27)25-13-12-21-8-4-5-11-24(21)31-25;3-2(4,5)1(6)7/h4-5,8,11-13,22-23,33H,1-3,6-7,9-10,14-20H2,(H,30,36);(H,6,7). The molecule has 2 aromatic heterocycles. The van der Waals surface area contributed by atoms with E-state index in [-0.39, 0.29) is 17.5 Å². The van der Waals surface area contributed by atoms with E-state index in [1.807, 2.05) is 41.3 Å². The van der Waals surface area contributed by atoms with E-state index in [0.717, 1.165) is 43.1 Å². The van der Waals surface area contributed by atoms with Gasteiger partial charge >= 0.3 is 18.2 Å². The predicted molar refractivity (Wildman–Crippen MR) is 157 cm³/mol. The Hall–Kier alpha value is -3.74. The van der Waals surface area contributed by atoms with Gasteiger partial charge in [0.1, 0.15) is 5.69 Å². The van der Waals surface area contributed by atoms with Crippen LogP contribution in [0.5, 0.6) is 0 Å². The Bertz CT molecular complexity index is 1410. The molecule has 1 aliphatic heterocycles. The van der Waals surface area contributed by atoms with Gasteiger partial charge in [-0.2, -0.15) is 18.2 Å². The van der Waals surface area contributed by atoms with Crippen LogP contribution in [0.25, 0.3) is 22.4 Å². The third kappa shape index (κ3) is 8.04. The van der Waals surface area contributed by atoms with E-state index in [0.29, 0.717) is 36.5 Å². The van der Waals surface area contributed by atoms with Gasteiger partial charge in [0.15, 0.2) is 0 Å². The summed E-state index contributed by atoms with van der Waals surface area (Å²) in [5, 5.41) is 19.7. The SMILES string of the molecule is O=C(NCC1(NC2CCCCC2)CCCC1)N1CCC(c2nc(-c3ccc4ccccc4n3)no2)CC1.O=C(O)C(F)(F)F. The molecule has 1 aromatic carbocycles. The first kappa shape index (κ1) is 31.7. The van der Waals surface area contributed by atoms with Crippen LogP contribution in [-0.4, -0.2) is 74.5 Å². The lowest BCUT2D eigenvalue weighted by Crippen LogP contribution is -2.57. The zero-order valence-electron chi connectivity index (χ0n) is 24.6.